The van der Waals surface area contributed by atoms with Crippen LogP contribution in [-0.2, 0) is 4.74 Å². The van der Waals surface area contributed by atoms with E-state index in [2.05, 4.69) is 20.8 Å². The van der Waals surface area contributed by atoms with Crippen molar-refractivity contribution in [3.05, 3.63) is 28.2 Å². The lowest BCUT2D eigenvalue weighted by Gasteiger charge is -2.35. The van der Waals surface area contributed by atoms with Crippen LogP contribution in [0.5, 0.6) is 5.75 Å². The Morgan fingerprint density at radius 1 is 1.35 bits per heavy atom. The molecule has 2 saturated heterocycles. The van der Waals surface area contributed by atoms with E-state index in [0.717, 1.165) is 50.2 Å². The van der Waals surface area contributed by atoms with E-state index in [1.54, 1.807) is 13.2 Å². The molecule has 1 aromatic carbocycles. The molecule has 0 N–H and O–H groups in total. The van der Waals surface area contributed by atoms with Crippen LogP contribution in [0.1, 0.15) is 23.2 Å². The van der Waals surface area contributed by atoms with Crippen molar-refractivity contribution in [3.63, 3.8) is 0 Å². The fourth-order valence-corrected chi connectivity index (χ4v) is 3.59. The standard InChI is InChI=1S/C17H23BrN2O3/c1-22-13-4-5-16(18)15(11-13)17(21)20-8-6-19(7-9-20)12-14-3-2-10-23-14/h4-5,11,14H,2-3,6-10,12H2,1H3/t14-/m0/s1. The average Bonchev–Trinajstić information content (AvgIpc) is 3.08. The highest BCUT2D eigenvalue weighted by Crippen LogP contribution is 2.24. The van der Waals surface area contributed by atoms with Crippen molar-refractivity contribution in [2.75, 3.05) is 46.4 Å². The zero-order chi connectivity index (χ0) is 16.2. The van der Waals surface area contributed by atoms with Crippen molar-refractivity contribution in [3.8, 4) is 5.75 Å². The maximum Gasteiger partial charge on any atom is 0.255 e. The van der Waals surface area contributed by atoms with Gasteiger partial charge in [0.15, 0.2) is 0 Å². The number of piperazine rings is 1. The molecule has 2 aliphatic heterocycles. The molecule has 0 aromatic heterocycles. The number of benzene rings is 1. The first-order chi connectivity index (χ1) is 11.2. The number of carbonyl (C=O) groups excluding carboxylic acids is 1. The van der Waals surface area contributed by atoms with Crippen molar-refractivity contribution in [2.45, 2.75) is 18.9 Å². The highest BCUT2D eigenvalue weighted by atomic mass is 79.9. The fraction of sp³-hybridized carbons (Fsp3) is 0.588. The van der Waals surface area contributed by atoms with Crippen molar-refractivity contribution >= 4 is 21.8 Å². The van der Waals surface area contributed by atoms with Crippen molar-refractivity contribution in [2.24, 2.45) is 0 Å². The average molecular weight is 383 g/mol. The third-order valence-corrected chi connectivity index (χ3v) is 5.24. The smallest absolute Gasteiger partial charge is 0.255 e. The lowest BCUT2D eigenvalue weighted by Crippen LogP contribution is -2.50. The predicted molar refractivity (Wildman–Crippen MR) is 92.0 cm³/mol. The molecule has 1 atom stereocenters. The maximum atomic E-state index is 12.7. The summed E-state index contributed by atoms with van der Waals surface area (Å²) in [6.07, 6.45) is 2.72. The van der Waals surface area contributed by atoms with Gasteiger partial charge in [-0.25, -0.2) is 0 Å². The Labute approximate surface area is 145 Å². The quantitative estimate of drug-likeness (QED) is 0.801. The van der Waals surface area contributed by atoms with E-state index >= 15 is 0 Å². The third kappa shape index (κ3) is 4.05. The largest absolute Gasteiger partial charge is 0.497 e. The van der Waals surface area contributed by atoms with Gasteiger partial charge in [0.2, 0.25) is 0 Å². The van der Waals surface area contributed by atoms with Gasteiger partial charge >= 0.3 is 0 Å². The monoisotopic (exact) mass is 382 g/mol. The summed E-state index contributed by atoms with van der Waals surface area (Å²) in [6, 6.07) is 5.51. The van der Waals surface area contributed by atoms with Gasteiger partial charge in [-0.3, -0.25) is 9.69 Å². The number of rotatable bonds is 4. The summed E-state index contributed by atoms with van der Waals surface area (Å²) >= 11 is 3.47. The maximum absolute atomic E-state index is 12.7. The van der Waals surface area contributed by atoms with Gasteiger partial charge in [0.25, 0.3) is 5.91 Å². The van der Waals surface area contributed by atoms with E-state index in [1.807, 2.05) is 17.0 Å². The van der Waals surface area contributed by atoms with Crippen LogP contribution < -0.4 is 4.74 Å². The van der Waals surface area contributed by atoms with Gasteiger partial charge in [-0.2, -0.15) is 0 Å². The van der Waals surface area contributed by atoms with Gasteiger partial charge in [0, 0.05) is 43.8 Å². The molecule has 1 aromatic rings. The van der Waals surface area contributed by atoms with Crippen LogP contribution in [0.2, 0.25) is 0 Å². The highest BCUT2D eigenvalue weighted by molar-refractivity contribution is 9.10. The minimum atomic E-state index is 0.0625. The van der Waals surface area contributed by atoms with Crippen LogP contribution >= 0.6 is 15.9 Å². The SMILES string of the molecule is COc1ccc(Br)c(C(=O)N2CCN(C[C@@H]3CCCO3)CC2)c1. The van der Waals surface area contributed by atoms with Gasteiger partial charge in [0.05, 0.1) is 18.8 Å². The zero-order valence-electron chi connectivity index (χ0n) is 13.5. The molecule has 1 amide bonds. The predicted octanol–water partition coefficient (Wildman–Crippen LogP) is 2.39. The summed E-state index contributed by atoms with van der Waals surface area (Å²) < 4.78 is 11.7. The highest BCUT2D eigenvalue weighted by Gasteiger charge is 2.26. The van der Waals surface area contributed by atoms with E-state index in [0.29, 0.717) is 17.4 Å². The molecule has 2 fully saturated rings. The molecule has 2 heterocycles. The number of ether oxygens (including phenoxy) is 2. The van der Waals surface area contributed by atoms with E-state index in [9.17, 15) is 4.79 Å². The van der Waals surface area contributed by atoms with Crippen LogP contribution in [0.25, 0.3) is 0 Å². The van der Waals surface area contributed by atoms with Crippen LogP contribution in [0.3, 0.4) is 0 Å². The summed E-state index contributed by atoms with van der Waals surface area (Å²) in [5.74, 6) is 0.765. The topological polar surface area (TPSA) is 42.0 Å². The number of hydrogen-bond donors (Lipinski definition) is 0. The number of carbonyl (C=O) groups is 1. The van der Waals surface area contributed by atoms with E-state index in [4.69, 9.17) is 9.47 Å². The first-order valence-corrected chi connectivity index (χ1v) is 8.93. The Morgan fingerprint density at radius 2 is 2.13 bits per heavy atom. The van der Waals surface area contributed by atoms with E-state index in [1.165, 1.54) is 6.42 Å². The Bertz CT molecular complexity index is 553. The van der Waals surface area contributed by atoms with Crippen LogP contribution in [0.15, 0.2) is 22.7 Å². The van der Waals surface area contributed by atoms with Crippen LogP contribution in [0, 0.1) is 0 Å². The second-order valence-corrected chi connectivity index (χ2v) is 6.93. The van der Waals surface area contributed by atoms with Gasteiger partial charge < -0.3 is 14.4 Å². The molecule has 0 radical (unpaired) electrons. The molecule has 5 nitrogen and oxygen atoms in total. The fourth-order valence-electron chi connectivity index (χ4n) is 3.18. The number of methoxy groups -OCH3 is 1. The van der Waals surface area contributed by atoms with Gasteiger partial charge in [-0.1, -0.05) is 0 Å². The van der Waals surface area contributed by atoms with E-state index < -0.39 is 0 Å². The minimum Gasteiger partial charge on any atom is -0.497 e. The van der Waals surface area contributed by atoms with Gasteiger partial charge in [-0.05, 0) is 47.0 Å². The number of nitrogens with zero attached hydrogens (tertiary/aromatic N) is 2. The Balaban J connectivity index is 1.57. The molecule has 2 aliphatic rings. The van der Waals surface area contributed by atoms with Crippen molar-refractivity contribution in [1.29, 1.82) is 0 Å². The molecule has 0 spiro atoms. The lowest BCUT2D eigenvalue weighted by molar-refractivity contribution is 0.0432. The molecule has 23 heavy (non-hydrogen) atoms. The van der Waals surface area contributed by atoms with Gasteiger partial charge in [-0.15, -0.1) is 0 Å². The lowest BCUT2D eigenvalue weighted by atomic mass is 10.1. The Hall–Kier alpha value is -1.11. The third-order valence-electron chi connectivity index (χ3n) is 4.55. The van der Waals surface area contributed by atoms with Crippen LogP contribution in [-0.4, -0.2) is 68.3 Å². The molecular formula is C17H23BrN2O3. The van der Waals surface area contributed by atoms with Crippen molar-refractivity contribution < 1.29 is 14.3 Å². The van der Waals surface area contributed by atoms with Crippen molar-refractivity contribution in [1.82, 2.24) is 9.80 Å². The van der Waals surface area contributed by atoms with Crippen LogP contribution in [0.4, 0.5) is 0 Å². The number of halogens is 1. The first kappa shape index (κ1) is 16.7. The summed E-state index contributed by atoms with van der Waals surface area (Å²) in [6.45, 7) is 5.22. The summed E-state index contributed by atoms with van der Waals surface area (Å²) in [7, 11) is 1.61. The minimum absolute atomic E-state index is 0.0625. The second-order valence-electron chi connectivity index (χ2n) is 6.07. The molecule has 0 unspecified atom stereocenters. The summed E-state index contributed by atoms with van der Waals surface area (Å²) in [5, 5.41) is 0. The molecule has 6 heteroatoms. The summed E-state index contributed by atoms with van der Waals surface area (Å²) in [4.78, 5) is 17.1. The zero-order valence-corrected chi connectivity index (χ0v) is 15.0. The molecule has 0 aliphatic carbocycles. The number of amides is 1. The summed E-state index contributed by atoms with van der Waals surface area (Å²) in [5.41, 5.74) is 0.664. The molecular weight excluding hydrogens is 360 g/mol. The number of hydrogen-bond acceptors (Lipinski definition) is 4. The normalized spacial score (nSPS) is 22.3. The second kappa shape index (κ2) is 7.64. The molecule has 126 valence electrons. The Kier molecular flexibility index (Phi) is 5.56. The Morgan fingerprint density at radius 3 is 2.78 bits per heavy atom. The molecule has 0 saturated carbocycles. The van der Waals surface area contributed by atoms with Gasteiger partial charge in [0.1, 0.15) is 5.75 Å². The molecule has 0 bridgehead atoms. The first-order valence-electron chi connectivity index (χ1n) is 8.14. The molecule has 3 rings (SSSR count). The van der Waals surface area contributed by atoms with E-state index in [-0.39, 0.29) is 5.91 Å².